The van der Waals surface area contributed by atoms with E-state index < -0.39 is 5.60 Å². The van der Waals surface area contributed by atoms with Gasteiger partial charge in [-0.05, 0) is 51.7 Å². The van der Waals surface area contributed by atoms with Gasteiger partial charge in [0.1, 0.15) is 34.9 Å². The molecule has 150 valence electrons. The van der Waals surface area contributed by atoms with E-state index in [9.17, 15) is 9.59 Å². The van der Waals surface area contributed by atoms with Crippen LogP contribution in [0.2, 0.25) is 0 Å². The molecule has 4 atom stereocenters. The van der Waals surface area contributed by atoms with Crippen molar-refractivity contribution in [1.29, 1.82) is 0 Å². The molecule has 3 aliphatic heterocycles. The van der Waals surface area contributed by atoms with E-state index in [1.807, 2.05) is 19.9 Å². The van der Waals surface area contributed by atoms with Crippen molar-refractivity contribution in [3.8, 4) is 0 Å². The molecule has 4 heterocycles. The number of fused-ring (bicyclic) bond motifs is 5. The third-order valence-corrected chi connectivity index (χ3v) is 5.87. The summed E-state index contributed by atoms with van der Waals surface area (Å²) >= 11 is 0. The minimum atomic E-state index is -0.486. The van der Waals surface area contributed by atoms with Crippen molar-refractivity contribution in [3.63, 3.8) is 0 Å². The summed E-state index contributed by atoms with van der Waals surface area (Å²) in [5.41, 5.74) is 1.66. The Balaban J connectivity index is 1.71. The predicted molar refractivity (Wildman–Crippen MR) is 101 cm³/mol. The zero-order valence-corrected chi connectivity index (χ0v) is 16.6. The summed E-state index contributed by atoms with van der Waals surface area (Å²) < 4.78 is 22.8. The third-order valence-electron chi connectivity index (χ3n) is 5.87. The summed E-state index contributed by atoms with van der Waals surface area (Å²) in [6, 6.07) is 1.74. The molecule has 4 rings (SSSR count). The zero-order chi connectivity index (χ0) is 20.1. The molecule has 1 fully saturated rings. The van der Waals surface area contributed by atoms with Gasteiger partial charge in [-0.25, -0.2) is 9.59 Å². The largest absolute Gasteiger partial charge is 0.462 e. The number of epoxide rings is 1. The molecule has 0 saturated carbocycles. The van der Waals surface area contributed by atoms with Crippen LogP contribution in [0, 0.1) is 5.92 Å². The Bertz CT molecular complexity index is 862. The molecule has 0 amide bonds. The number of esters is 2. The van der Waals surface area contributed by atoms with Crippen molar-refractivity contribution in [1.82, 2.24) is 0 Å². The summed E-state index contributed by atoms with van der Waals surface area (Å²) in [5.74, 6) is 0.665. The van der Waals surface area contributed by atoms with Crippen LogP contribution in [0.3, 0.4) is 0 Å². The SMILES string of the molecule is C=C(C)[C@@H]1CCC2=C[C@H](C[C@@]3(C)O[C@H]3c3cc(C(=O)OCC)c(o3)C1)OC2=O. The second-order valence-electron chi connectivity index (χ2n) is 8.14. The van der Waals surface area contributed by atoms with E-state index in [0.29, 0.717) is 48.5 Å². The fourth-order valence-electron chi connectivity index (χ4n) is 4.16. The van der Waals surface area contributed by atoms with Gasteiger partial charge < -0.3 is 18.6 Å². The number of furan rings is 1. The highest BCUT2D eigenvalue weighted by molar-refractivity contribution is 5.91. The molecule has 1 aromatic rings. The van der Waals surface area contributed by atoms with Crippen LogP contribution in [0.4, 0.5) is 0 Å². The summed E-state index contributed by atoms with van der Waals surface area (Å²) in [6.45, 7) is 10.1. The smallest absolute Gasteiger partial charge is 0.341 e. The molecule has 0 spiro atoms. The molecule has 28 heavy (non-hydrogen) atoms. The highest BCUT2D eigenvalue weighted by atomic mass is 16.6. The number of ether oxygens (including phenoxy) is 3. The highest BCUT2D eigenvalue weighted by Crippen LogP contribution is 2.54. The Kier molecular flexibility index (Phi) is 4.70. The van der Waals surface area contributed by atoms with Crippen molar-refractivity contribution in [2.75, 3.05) is 6.61 Å². The molecule has 1 saturated heterocycles. The van der Waals surface area contributed by atoms with E-state index in [0.717, 1.165) is 12.0 Å². The van der Waals surface area contributed by atoms with E-state index in [1.165, 1.54) is 0 Å². The van der Waals surface area contributed by atoms with E-state index in [2.05, 4.69) is 6.58 Å². The minimum absolute atomic E-state index is 0.0761. The van der Waals surface area contributed by atoms with Gasteiger partial charge in [-0.1, -0.05) is 12.2 Å². The molecule has 0 aromatic carbocycles. The average Bonchev–Trinajstić information content (AvgIpc) is 2.96. The molecule has 4 bridgehead atoms. The van der Waals surface area contributed by atoms with Gasteiger partial charge >= 0.3 is 11.9 Å². The summed E-state index contributed by atoms with van der Waals surface area (Å²) in [7, 11) is 0. The monoisotopic (exact) mass is 386 g/mol. The maximum atomic E-state index is 12.5. The first-order valence-corrected chi connectivity index (χ1v) is 9.85. The normalized spacial score (nSPS) is 31.5. The van der Waals surface area contributed by atoms with Gasteiger partial charge in [-0.15, -0.1) is 0 Å². The number of carbonyl (C=O) groups is 2. The van der Waals surface area contributed by atoms with Crippen molar-refractivity contribution >= 4 is 11.9 Å². The first-order valence-electron chi connectivity index (χ1n) is 9.85. The molecule has 6 nitrogen and oxygen atoms in total. The number of hydrogen-bond donors (Lipinski definition) is 0. The van der Waals surface area contributed by atoms with E-state index in [-0.39, 0.29) is 30.1 Å². The molecule has 0 radical (unpaired) electrons. The fourth-order valence-corrected chi connectivity index (χ4v) is 4.16. The van der Waals surface area contributed by atoms with Gasteiger partial charge in [0.2, 0.25) is 0 Å². The number of rotatable bonds is 3. The standard InChI is InChI=1S/C22H26O6/c1-5-25-21(24)16-10-18-19-22(4,28-19)11-15-8-14(20(23)26-15)7-6-13(12(2)3)9-17(16)27-18/h8,10,13,15,19H,2,5-7,9,11H2,1,3-4H3/t13-,15-,19+,22-/m1/s1. The van der Waals surface area contributed by atoms with Gasteiger partial charge in [0.05, 0.1) is 6.61 Å². The predicted octanol–water partition coefficient (Wildman–Crippen LogP) is 4.06. The Morgan fingerprint density at radius 1 is 1.43 bits per heavy atom. The topological polar surface area (TPSA) is 78.3 Å². The second kappa shape index (κ2) is 6.92. The Morgan fingerprint density at radius 3 is 2.93 bits per heavy atom. The highest BCUT2D eigenvalue weighted by Gasteiger charge is 2.57. The number of hydrogen-bond acceptors (Lipinski definition) is 6. The van der Waals surface area contributed by atoms with Gasteiger partial charge in [0, 0.05) is 18.4 Å². The van der Waals surface area contributed by atoms with Crippen LogP contribution in [0.15, 0.2) is 34.3 Å². The fraction of sp³-hybridized carbons (Fsp3) is 0.545. The zero-order valence-electron chi connectivity index (χ0n) is 16.6. The van der Waals surface area contributed by atoms with Crippen LogP contribution < -0.4 is 0 Å². The van der Waals surface area contributed by atoms with Crippen molar-refractivity contribution in [2.45, 2.75) is 64.3 Å². The molecule has 3 aliphatic rings. The summed E-state index contributed by atoms with van der Waals surface area (Å²) in [5, 5.41) is 0. The maximum Gasteiger partial charge on any atom is 0.341 e. The molecule has 0 N–H and O–H groups in total. The number of allylic oxidation sites excluding steroid dienone is 1. The molecule has 1 aromatic heterocycles. The van der Waals surface area contributed by atoms with Crippen molar-refractivity contribution in [2.24, 2.45) is 5.92 Å². The first kappa shape index (κ1) is 19.0. The van der Waals surface area contributed by atoms with Crippen LogP contribution in [-0.4, -0.2) is 30.3 Å². The summed E-state index contributed by atoms with van der Waals surface area (Å²) in [4.78, 5) is 24.7. The molecule has 0 aliphatic carbocycles. The lowest BCUT2D eigenvalue weighted by molar-refractivity contribution is -0.140. The minimum Gasteiger partial charge on any atom is -0.462 e. The van der Waals surface area contributed by atoms with Crippen LogP contribution in [0.1, 0.15) is 68.0 Å². The first-order chi connectivity index (χ1) is 13.3. The molecule has 0 unspecified atom stereocenters. The Hall–Kier alpha value is -2.34. The number of carbonyl (C=O) groups excluding carboxylic acids is 2. The van der Waals surface area contributed by atoms with E-state index >= 15 is 0 Å². The van der Waals surface area contributed by atoms with Crippen molar-refractivity contribution in [3.05, 3.63) is 47.0 Å². The molecule has 6 heteroatoms. The van der Waals surface area contributed by atoms with Crippen LogP contribution >= 0.6 is 0 Å². The summed E-state index contributed by atoms with van der Waals surface area (Å²) in [6.07, 6.45) is 3.79. The van der Waals surface area contributed by atoms with Crippen LogP contribution in [-0.2, 0) is 25.4 Å². The lowest BCUT2D eigenvalue weighted by Gasteiger charge is -2.16. The van der Waals surface area contributed by atoms with Gasteiger partial charge in [0.25, 0.3) is 0 Å². The van der Waals surface area contributed by atoms with Crippen LogP contribution in [0.5, 0.6) is 0 Å². The second-order valence-corrected chi connectivity index (χ2v) is 8.14. The van der Waals surface area contributed by atoms with Gasteiger partial charge in [0.15, 0.2) is 0 Å². The lowest BCUT2D eigenvalue weighted by Crippen LogP contribution is -2.18. The average molecular weight is 386 g/mol. The Morgan fingerprint density at radius 2 is 2.21 bits per heavy atom. The Labute approximate surface area is 164 Å². The van der Waals surface area contributed by atoms with E-state index in [4.69, 9.17) is 18.6 Å². The maximum absolute atomic E-state index is 12.5. The van der Waals surface area contributed by atoms with E-state index in [1.54, 1.807) is 13.0 Å². The third kappa shape index (κ3) is 3.41. The quantitative estimate of drug-likeness (QED) is 0.443. The lowest BCUT2D eigenvalue weighted by atomic mass is 9.89. The molecular weight excluding hydrogens is 360 g/mol. The van der Waals surface area contributed by atoms with Gasteiger partial charge in [-0.2, -0.15) is 0 Å². The van der Waals surface area contributed by atoms with Crippen molar-refractivity contribution < 1.29 is 28.2 Å². The van der Waals surface area contributed by atoms with Gasteiger partial charge in [-0.3, -0.25) is 0 Å². The molecular formula is C22H26O6. The van der Waals surface area contributed by atoms with Crippen LogP contribution in [0.25, 0.3) is 0 Å².